The van der Waals surface area contributed by atoms with E-state index in [9.17, 15) is 0 Å². The minimum Gasteiger partial charge on any atom is -0.494 e. The van der Waals surface area contributed by atoms with Gasteiger partial charge in [0.05, 0.1) is 7.11 Å². The maximum Gasteiger partial charge on any atom is 0.144 e. The van der Waals surface area contributed by atoms with Gasteiger partial charge in [-0.05, 0) is 81.0 Å². The van der Waals surface area contributed by atoms with Crippen LogP contribution in [0.2, 0.25) is 0 Å². The van der Waals surface area contributed by atoms with Crippen molar-refractivity contribution in [2.24, 2.45) is 4.99 Å². The fourth-order valence-corrected chi connectivity index (χ4v) is 4.26. The van der Waals surface area contributed by atoms with Crippen molar-refractivity contribution in [1.29, 1.82) is 0 Å². The number of para-hydroxylation sites is 2. The Morgan fingerprint density at radius 2 is 2.00 bits per heavy atom. The van der Waals surface area contributed by atoms with Crippen LogP contribution in [-0.2, 0) is 0 Å². The third-order valence-electron chi connectivity index (χ3n) is 5.52. The molecule has 0 fully saturated rings. The second kappa shape index (κ2) is 7.14. The van der Waals surface area contributed by atoms with Gasteiger partial charge in [-0.3, -0.25) is 4.99 Å². The van der Waals surface area contributed by atoms with E-state index in [-0.39, 0.29) is 5.54 Å². The topological polar surface area (TPSA) is 24.8 Å². The molecule has 1 heterocycles. The van der Waals surface area contributed by atoms with Gasteiger partial charge in [0, 0.05) is 24.0 Å². The molecule has 1 aliphatic rings. The van der Waals surface area contributed by atoms with E-state index in [0.29, 0.717) is 5.92 Å². The number of hydrogen-bond acceptors (Lipinski definition) is 3. The van der Waals surface area contributed by atoms with Crippen LogP contribution in [0.1, 0.15) is 56.7 Å². The highest BCUT2D eigenvalue weighted by molar-refractivity contribution is 5.86. The summed E-state index contributed by atoms with van der Waals surface area (Å²) in [4.78, 5) is 7.22. The van der Waals surface area contributed by atoms with Gasteiger partial charge >= 0.3 is 0 Å². The highest BCUT2D eigenvalue weighted by Gasteiger charge is 2.35. The average molecular weight is 351 g/mol. The minimum absolute atomic E-state index is 0.195. The molecule has 0 spiro atoms. The second-order valence-corrected chi connectivity index (χ2v) is 7.86. The molecule has 3 nitrogen and oxygen atoms in total. The highest BCUT2D eigenvalue weighted by Crippen LogP contribution is 2.44. The van der Waals surface area contributed by atoms with Gasteiger partial charge in [0.15, 0.2) is 0 Å². The summed E-state index contributed by atoms with van der Waals surface area (Å²) in [5.41, 5.74) is 6.29. The first kappa shape index (κ1) is 18.5. The number of hydrogen-bond donors (Lipinski definition) is 0. The highest BCUT2D eigenvalue weighted by atomic mass is 16.5. The van der Waals surface area contributed by atoms with E-state index in [1.54, 1.807) is 7.11 Å². The summed E-state index contributed by atoms with van der Waals surface area (Å²) in [6, 6.07) is 12.5. The van der Waals surface area contributed by atoms with Gasteiger partial charge in [0.1, 0.15) is 11.4 Å². The summed E-state index contributed by atoms with van der Waals surface area (Å²) in [5, 5.41) is 0. The molecule has 1 atom stereocenters. The van der Waals surface area contributed by atoms with Crippen molar-refractivity contribution in [3.63, 3.8) is 0 Å². The molecule has 2 aromatic rings. The minimum atomic E-state index is 0.195. The smallest absolute Gasteiger partial charge is 0.144 e. The van der Waals surface area contributed by atoms with Gasteiger partial charge < -0.3 is 9.64 Å². The monoisotopic (exact) mass is 350 g/mol. The number of fused-ring (bicyclic) bond motifs is 1. The summed E-state index contributed by atoms with van der Waals surface area (Å²) < 4.78 is 5.40. The molecule has 0 unspecified atom stereocenters. The van der Waals surface area contributed by atoms with Crippen LogP contribution in [0, 0.1) is 6.92 Å². The first-order chi connectivity index (χ1) is 12.4. The van der Waals surface area contributed by atoms with Crippen molar-refractivity contribution in [2.75, 3.05) is 18.6 Å². The number of rotatable bonds is 4. The molecule has 0 amide bonds. The number of benzene rings is 2. The van der Waals surface area contributed by atoms with Gasteiger partial charge in [0.25, 0.3) is 0 Å². The van der Waals surface area contributed by atoms with Crippen LogP contribution in [0.25, 0.3) is 0 Å². The summed E-state index contributed by atoms with van der Waals surface area (Å²) >= 11 is 0. The lowest BCUT2D eigenvalue weighted by molar-refractivity contribution is 0.381. The lowest BCUT2D eigenvalue weighted by Crippen LogP contribution is -2.48. The van der Waals surface area contributed by atoms with Crippen LogP contribution in [0.3, 0.4) is 0 Å². The van der Waals surface area contributed by atoms with Gasteiger partial charge in [-0.25, -0.2) is 0 Å². The zero-order valence-electron chi connectivity index (χ0n) is 16.8. The molecule has 2 aromatic carbocycles. The summed E-state index contributed by atoms with van der Waals surface area (Å²) in [5.74, 6) is 1.34. The molecular formula is C23H30N2O. The van der Waals surface area contributed by atoms with Gasteiger partial charge in [-0.2, -0.15) is 0 Å². The maximum absolute atomic E-state index is 5.40. The van der Waals surface area contributed by atoms with Crippen molar-refractivity contribution < 1.29 is 4.74 Å². The molecule has 138 valence electrons. The Morgan fingerprint density at radius 1 is 1.27 bits per heavy atom. The van der Waals surface area contributed by atoms with Gasteiger partial charge in [0.2, 0.25) is 0 Å². The lowest BCUT2D eigenvalue weighted by atomic mass is 9.79. The largest absolute Gasteiger partial charge is 0.494 e. The SMILES string of the molecule is CCN1c2cc(C)c(C=Nc3ccccc3OC)cc2[C@H](C)CC1(C)C. The third-order valence-corrected chi connectivity index (χ3v) is 5.52. The van der Waals surface area contributed by atoms with E-state index in [1.165, 1.54) is 28.8 Å². The van der Waals surface area contributed by atoms with E-state index in [1.807, 2.05) is 30.5 Å². The fourth-order valence-electron chi connectivity index (χ4n) is 4.26. The standard InChI is InChI=1S/C23H30N2O/c1-7-25-21-12-16(2)18(13-19(21)17(3)14-23(25,4)5)15-24-20-10-8-9-11-22(20)26-6/h8-13,15,17H,7,14H2,1-6H3/t17-/m1/s1. The van der Waals surface area contributed by atoms with Crippen LogP contribution in [0.5, 0.6) is 5.75 Å². The number of nitrogens with zero attached hydrogens (tertiary/aromatic N) is 2. The van der Waals surface area contributed by atoms with Crippen molar-refractivity contribution in [3.05, 3.63) is 53.1 Å². The Morgan fingerprint density at radius 3 is 2.69 bits per heavy atom. The first-order valence-corrected chi connectivity index (χ1v) is 9.46. The normalized spacial score (nSPS) is 18.8. The average Bonchev–Trinajstić information content (AvgIpc) is 2.60. The van der Waals surface area contributed by atoms with Crippen molar-refractivity contribution in [3.8, 4) is 5.75 Å². The molecule has 0 saturated heterocycles. The van der Waals surface area contributed by atoms with Gasteiger partial charge in [-0.15, -0.1) is 0 Å². The molecule has 3 heteroatoms. The van der Waals surface area contributed by atoms with Crippen LogP contribution < -0.4 is 9.64 Å². The predicted molar refractivity (Wildman–Crippen MR) is 112 cm³/mol. The number of anilines is 1. The van der Waals surface area contributed by atoms with Crippen molar-refractivity contribution in [1.82, 2.24) is 0 Å². The molecule has 0 saturated carbocycles. The Balaban J connectivity index is 2.01. The molecule has 0 N–H and O–H groups in total. The molecular weight excluding hydrogens is 320 g/mol. The summed E-state index contributed by atoms with van der Waals surface area (Å²) in [6.45, 7) is 12.5. The zero-order valence-corrected chi connectivity index (χ0v) is 16.8. The van der Waals surface area contributed by atoms with E-state index in [4.69, 9.17) is 4.74 Å². The van der Waals surface area contributed by atoms with Crippen LogP contribution in [0.15, 0.2) is 41.4 Å². The maximum atomic E-state index is 5.40. The van der Waals surface area contributed by atoms with Gasteiger partial charge in [-0.1, -0.05) is 19.1 Å². The lowest BCUT2D eigenvalue weighted by Gasteiger charge is -2.47. The summed E-state index contributed by atoms with van der Waals surface area (Å²) in [7, 11) is 1.68. The third kappa shape index (κ3) is 3.35. The molecule has 0 aromatic heterocycles. The number of ether oxygens (including phenoxy) is 1. The van der Waals surface area contributed by atoms with Crippen LogP contribution >= 0.6 is 0 Å². The number of aryl methyl sites for hydroxylation is 1. The second-order valence-electron chi connectivity index (χ2n) is 7.86. The van der Waals surface area contributed by atoms with E-state index >= 15 is 0 Å². The molecule has 26 heavy (non-hydrogen) atoms. The fraction of sp³-hybridized carbons (Fsp3) is 0.435. The molecule has 3 rings (SSSR count). The molecule has 0 aliphatic carbocycles. The molecule has 1 aliphatic heterocycles. The van der Waals surface area contributed by atoms with Crippen LogP contribution in [-0.4, -0.2) is 25.4 Å². The van der Waals surface area contributed by atoms with Crippen LogP contribution in [0.4, 0.5) is 11.4 Å². The van der Waals surface area contributed by atoms with Crippen molar-refractivity contribution in [2.45, 2.75) is 52.5 Å². The number of methoxy groups -OCH3 is 1. The Labute approximate surface area is 157 Å². The molecule has 0 radical (unpaired) electrons. The van der Waals surface area contributed by atoms with E-state index < -0.39 is 0 Å². The zero-order chi connectivity index (χ0) is 18.9. The first-order valence-electron chi connectivity index (χ1n) is 9.46. The van der Waals surface area contributed by atoms with Crippen molar-refractivity contribution >= 4 is 17.6 Å². The van der Waals surface area contributed by atoms with E-state index in [2.05, 4.69) is 56.6 Å². The number of aliphatic imine (C=N–C) groups is 1. The summed E-state index contributed by atoms with van der Waals surface area (Å²) in [6.07, 6.45) is 3.14. The van der Waals surface area contributed by atoms with E-state index in [0.717, 1.165) is 18.0 Å². The Hall–Kier alpha value is -2.29. The molecule has 0 bridgehead atoms. The Kier molecular flexibility index (Phi) is 5.08. The quantitative estimate of drug-likeness (QED) is 0.645. The predicted octanol–water partition coefficient (Wildman–Crippen LogP) is 5.87. The Bertz CT molecular complexity index is 823.